The van der Waals surface area contributed by atoms with Crippen LogP contribution in [0, 0.1) is 0 Å². The lowest BCUT2D eigenvalue weighted by Crippen LogP contribution is -2.46. The summed E-state index contributed by atoms with van der Waals surface area (Å²) in [7, 11) is 1.60. The molecule has 8 heteroatoms. The Morgan fingerprint density at radius 2 is 1.93 bits per heavy atom. The van der Waals surface area contributed by atoms with Gasteiger partial charge in [0, 0.05) is 13.7 Å². The van der Waals surface area contributed by atoms with Gasteiger partial charge in [0.15, 0.2) is 12.1 Å². The number of hydrogen-bond acceptors (Lipinski definition) is 7. The second-order valence-corrected chi connectivity index (χ2v) is 8.87. The van der Waals surface area contributed by atoms with Crippen molar-refractivity contribution in [2.45, 2.75) is 89.6 Å². The standard InChI is InChI=1S/C19H33NO7/c1-18(2,3)27-17(21)20-9-7-8-12(10-20)23-11-13-14-15(16(22-6)24-13)26-19(4,5)25-14/h12-16H,7-11H2,1-6H3. The molecule has 0 aromatic carbocycles. The maximum absolute atomic E-state index is 12.3. The number of ether oxygens (including phenoxy) is 6. The number of methoxy groups -OCH3 is 1. The smallest absolute Gasteiger partial charge is 0.410 e. The van der Waals surface area contributed by atoms with E-state index in [2.05, 4.69) is 0 Å². The predicted octanol–water partition coefficient (Wildman–Crippen LogP) is 2.29. The molecule has 3 aliphatic heterocycles. The van der Waals surface area contributed by atoms with Crippen molar-refractivity contribution in [3.63, 3.8) is 0 Å². The molecule has 0 aromatic heterocycles. The zero-order valence-corrected chi connectivity index (χ0v) is 17.2. The second kappa shape index (κ2) is 7.83. The Labute approximate surface area is 161 Å². The van der Waals surface area contributed by atoms with E-state index in [1.807, 2.05) is 34.6 Å². The Morgan fingerprint density at radius 1 is 1.22 bits per heavy atom. The number of carbonyl (C=O) groups is 1. The first-order valence-corrected chi connectivity index (χ1v) is 9.71. The predicted molar refractivity (Wildman–Crippen MR) is 96.3 cm³/mol. The van der Waals surface area contributed by atoms with Gasteiger partial charge in [0.25, 0.3) is 0 Å². The number of hydrogen-bond donors (Lipinski definition) is 0. The first-order valence-electron chi connectivity index (χ1n) is 9.71. The van der Waals surface area contributed by atoms with Crippen LogP contribution in [-0.4, -0.2) is 79.9 Å². The summed E-state index contributed by atoms with van der Waals surface area (Å²) in [5, 5.41) is 0. The molecule has 5 atom stereocenters. The molecule has 5 unspecified atom stereocenters. The van der Waals surface area contributed by atoms with Crippen LogP contribution in [0.3, 0.4) is 0 Å². The van der Waals surface area contributed by atoms with Gasteiger partial charge >= 0.3 is 6.09 Å². The molecule has 0 N–H and O–H groups in total. The summed E-state index contributed by atoms with van der Waals surface area (Å²) in [4.78, 5) is 14.0. The third-order valence-corrected chi connectivity index (χ3v) is 4.87. The average molecular weight is 387 g/mol. The number of likely N-dealkylation sites (tertiary alicyclic amines) is 1. The van der Waals surface area contributed by atoms with E-state index >= 15 is 0 Å². The minimum absolute atomic E-state index is 0.0507. The molecule has 8 nitrogen and oxygen atoms in total. The van der Waals surface area contributed by atoms with E-state index in [0.717, 1.165) is 12.8 Å². The summed E-state index contributed by atoms with van der Waals surface area (Å²) in [5.41, 5.74) is -0.501. The third kappa shape index (κ3) is 5.12. The first-order chi connectivity index (χ1) is 12.6. The van der Waals surface area contributed by atoms with Gasteiger partial charge in [-0.15, -0.1) is 0 Å². The van der Waals surface area contributed by atoms with Crippen molar-refractivity contribution in [2.24, 2.45) is 0 Å². The second-order valence-electron chi connectivity index (χ2n) is 8.87. The number of fused-ring (bicyclic) bond motifs is 1. The number of amides is 1. The monoisotopic (exact) mass is 387 g/mol. The molecule has 0 aromatic rings. The molecule has 3 heterocycles. The van der Waals surface area contributed by atoms with E-state index in [-0.39, 0.29) is 30.5 Å². The normalized spacial score (nSPS) is 35.9. The Balaban J connectivity index is 1.51. The molecule has 0 spiro atoms. The van der Waals surface area contributed by atoms with E-state index < -0.39 is 17.7 Å². The minimum Gasteiger partial charge on any atom is -0.444 e. The Morgan fingerprint density at radius 3 is 2.59 bits per heavy atom. The maximum atomic E-state index is 12.3. The number of carbonyl (C=O) groups excluding carboxylic acids is 1. The number of nitrogens with zero attached hydrogens (tertiary/aromatic N) is 1. The molecule has 0 saturated carbocycles. The zero-order chi connectivity index (χ0) is 19.8. The van der Waals surface area contributed by atoms with Crippen molar-refractivity contribution in [3.8, 4) is 0 Å². The fourth-order valence-corrected chi connectivity index (χ4v) is 3.76. The third-order valence-electron chi connectivity index (χ3n) is 4.87. The lowest BCUT2D eigenvalue weighted by atomic mass is 10.1. The number of rotatable bonds is 4. The van der Waals surface area contributed by atoms with Crippen LogP contribution in [-0.2, 0) is 28.4 Å². The molecular formula is C19H33NO7. The number of piperidine rings is 1. The highest BCUT2D eigenvalue weighted by molar-refractivity contribution is 5.68. The summed E-state index contributed by atoms with van der Waals surface area (Å²) < 4.78 is 34.7. The summed E-state index contributed by atoms with van der Waals surface area (Å²) in [6.45, 7) is 11.0. The molecule has 0 radical (unpaired) electrons. The maximum Gasteiger partial charge on any atom is 0.410 e. The Kier molecular flexibility index (Phi) is 6.03. The van der Waals surface area contributed by atoms with Gasteiger partial charge in [0.2, 0.25) is 0 Å². The fourth-order valence-electron chi connectivity index (χ4n) is 3.76. The van der Waals surface area contributed by atoms with E-state index in [1.54, 1.807) is 12.0 Å². The fraction of sp³-hybridized carbons (Fsp3) is 0.947. The molecule has 3 rings (SSSR count). The van der Waals surface area contributed by atoms with Gasteiger partial charge < -0.3 is 33.3 Å². The quantitative estimate of drug-likeness (QED) is 0.732. The topological polar surface area (TPSA) is 75.7 Å². The molecule has 156 valence electrons. The van der Waals surface area contributed by atoms with Crippen LogP contribution in [0.15, 0.2) is 0 Å². The van der Waals surface area contributed by atoms with Gasteiger partial charge in [0.1, 0.15) is 23.9 Å². The van der Waals surface area contributed by atoms with Crippen LogP contribution >= 0.6 is 0 Å². The minimum atomic E-state index is -0.660. The van der Waals surface area contributed by atoms with Crippen molar-refractivity contribution in [1.82, 2.24) is 4.90 Å². The van der Waals surface area contributed by atoms with E-state index in [1.165, 1.54) is 0 Å². The molecule has 27 heavy (non-hydrogen) atoms. The van der Waals surface area contributed by atoms with Crippen molar-refractivity contribution in [3.05, 3.63) is 0 Å². The van der Waals surface area contributed by atoms with Crippen molar-refractivity contribution >= 4 is 6.09 Å². The summed E-state index contributed by atoms with van der Waals surface area (Å²) in [6.07, 6.45) is 0.227. The first kappa shape index (κ1) is 20.8. The molecule has 3 aliphatic rings. The van der Waals surface area contributed by atoms with Crippen LogP contribution in [0.1, 0.15) is 47.5 Å². The highest BCUT2D eigenvalue weighted by atomic mass is 16.8. The molecule has 3 saturated heterocycles. The van der Waals surface area contributed by atoms with Crippen LogP contribution in [0.2, 0.25) is 0 Å². The van der Waals surface area contributed by atoms with Gasteiger partial charge in [0.05, 0.1) is 19.3 Å². The molecular weight excluding hydrogens is 354 g/mol. The van der Waals surface area contributed by atoms with Gasteiger partial charge in [-0.2, -0.15) is 0 Å². The lowest BCUT2D eigenvalue weighted by Gasteiger charge is -2.34. The van der Waals surface area contributed by atoms with Gasteiger partial charge in [-0.1, -0.05) is 0 Å². The SMILES string of the molecule is COC1OC(COC2CCCN(C(=O)OC(C)(C)C)C2)C2OC(C)(C)OC12. The lowest BCUT2D eigenvalue weighted by molar-refractivity contribution is -0.233. The molecule has 1 amide bonds. The van der Waals surface area contributed by atoms with E-state index in [4.69, 9.17) is 28.4 Å². The molecule has 0 bridgehead atoms. The Bertz CT molecular complexity index is 533. The van der Waals surface area contributed by atoms with Crippen molar-refractivity contribution in [2.75, 3.05) is 26.8 Å². The van der Waals surface area contributed by atoms with Gasteiger partial charge in [-0.05, 0) is 47.5 Å². The van der Waals surface area contributed by atoms with Crippen LogP contribution in [0.4, 0.5) is 4.79 Å². The van der Waals surface area contributed by atoms with E-state index in [9.17, 15) is 4.79 Å². The van der Waals surface area contributed by atoms with Crippen LogP contribution in [0.25, 0.3) is 0 Å². The highest BCUT2D eigenvalue weighted by Crippen LogP contribution is 2.39. The van der Waals surface area contributed by atoms with Crippen LogP contribution < -0.4 is 0 Å². The summed E-state index contributed by atoms with van der Waals surface area (Å²) >= 11 is 0. The van der Waals surface area contributed by atoms with Gasteiger partial charge in [-0.3, -0.25) is 0 Å². The van der Waals surface area contributed by atoms with E-state index in [0.29, 0.717) is 19.7 Å². The van der Waals surface area contributed by atoms with Crippen LogP contribution in [0.5, 0.6) is 0 Å². The Hall–Kier alpha value is -0.930. The highest BCUT2D eigenvalue weighted by Gasteiger charge is 2.55. The molecule has 3 fully saturated rings. The largest absolute Gasteiger partial charge is 0.444 e. The van der Waals surface area contributed by atoms with Crippen molar-refractivity contribution in [1.29, 1.82) is 0 Å². The average Bonchev–Trinajstić information content (AvgIpc) is 3.04. The zero-order valence-electron chi connectivity index (χ0n) is 17.2. The summed E-state index contributed by atoms with van der Waals surface area (Å²) in [6, 6.07) is 0. The van der Waals surface area contributed by atoms with Crippen molar-refractivity contribution < 1.29 is 33.2 Å². The van der Waals surface area contributed by atoms with Gasteiger partial charge in [-0.25, -0.2) is 4.79 Å². The summed E-state index contributed by atoms with van der Waals surface area (Å²) in [5.74, 6) is -0.660. The molecule has 0 aliphatic carbocycles.